The summed E-state index contributed by atoms with van der Waals surface area (Å²) in [5.41, 5.74) is 0.834. The molecule has 0 aliphatic carbocycles. The summed E-state index contributed by atoms with van der Waals surface area (Å²) in [7, 11) is 0. The van der Waals surface area contributed by atoms with Gasteiger partial charge in [0.2, 0.25) is 5.91 Å². The second kappa shape index (κ2) is 8.00. The number of amides is 1. The fraction of sp³-hybridized carbons (Fsp3) is 0.526. The van der Waals surface area contributed by atoms with Crippen molar-refractivity contribution < 1.29 is 4.79 Å². The standard InChI is InChI=1S/C19H25ClN4O/c1-3-5-13(2)23-19(25)14-6-4-9-24(11-14)18-16-8-7-15(20)10-17(16)21-12-22-18/h7-8,10,12-14H,3-6,9,11H2,1-2H3,(H,23,25). The number of benzene rings is 1. The van der Waals surface area contributed by atoms with Crippen molar-refractivity contribution in [2.75, 3.05) is 18.0 Å². The highest BCUT2D eigenvalue weighted by molar-refractivity contribution is 6.31. The van der Waals surface area contributed by atoms with Gasteiger partial charge in [-0.3, -0.25) is 4.79 Å². The molecule has 5 nitrogen and oxygen atoms in total. The second-order valence-electron chi connectivity index (χ2n) is 6.84. The minimum Gasteiger partial charge on any atom is -0.355 e. The molecule has 1 N–H and O–H groups in total. The Hall–Kier alpha value is -1.88. The molecule has 2 aromatic rings. The van der Waals surface area contributed by atoms with Gasteiger partial charge in [-0.15, -0.1) is 0 Å². The summed E-state index contributed by atoms with van der Waals surface area (Å²) in [6.45, 7) is 5.81. The number of nitrogens with zero attached hydrogens (tertiary/aromatic N) is 3. The van der Waals surface area contributed by atoms with Crippen LogP contribution in [-0.2, 0) is 4.79 Å². The zero-order valence-corrected chi connectivity index (χ0v) is 15.6. The van der Waals surface area contributed by atoms with Crippen molar-refractivity contribution >= 4 is 34.2 Å². The van der Waals surface area contributed by atoms with Gasteiger partial charge in [-0.05, 0) is 44.4 Å². The summed E-state index contributed by atoms with van der Waals surface area (Å²) >= 11 is 6.07. The molecule has 1 amide bonds. The molecule has 6 heteroatoms. The number of piperidine rings is 1. The maximum atomic E-state index is 12.6. The van der Waals surface area contributed by atoms with E-state index in [9.17, 15) is 4.79 Å². The van der Waals surface area contributed by atoms with Gasteiger partial charge in [0.1, 0.15) is 12.1 Å². The number of nitrogens with one attached hydrogen (secondary N) is 1. The van der Waals surface area contributed by atoms with E-state index in [-0.39, 0.29) is 17.9 Å². The molecule has 0 radical (unpaired) electrons. The predicted molar refractivity (Wildman–Crippen MR) is 102 cm³/mol. The van der Waals surface area contributed by atoms with Crippen LogP contribution in [0.4, 0.5) is 5.82 Å². The van der Waals surface area contributed by atoms with Crippen molar-refractivity contribution in [3.05, 3.63) is 29.5 Å². The Balaban J connectivity index is 1.76. The molecule has 1 saturated heterocycles. The summed E-state index contributed by atoms with van der Waals surface area (Å²) in [4.78, 5) is 23.6. The van der Waals surface area contributed by atoms with E-state index in [2.05, 4.69) is 34.0 Å². The number of fused-ring (bicyclic) bond motifs is 1. The van der Waals surface area contributed by atoms with Gasteiger partial charge in [-0.1, -0.05) is 24.9 Å². The Labute approximate surface area is 153 Å². The van der Waals surface area contributed by atoms with Crippen LogP contribution in [0.1, 0.15) is 39.5 Å². The number of carbonyl (C=O) groups excluding carboxylic acids is 1. The molecule has 1 aromatic heterocycles. The van der Waals surface area contributed by atoms with E-state index < -0.39 is 0 Å². The molecule has 1 aliphatic heterocycles. The molecular formula is C19H25ClN4O. The Morgan fingerprint density at radius 2 is 2.28 bits per heavy atom. The third-order valence-corrected chi connectivity index (χ3v) is 5.01. The summed E-state index contributed by atoms with van der Waals surface area (Å²) in [5, 5.41) is 4.80. The second-order valence-corrected chi connectivity index (χ2v) is 7.28. The van der Waals surface area contributed by atoms with Crippen molar-refractivity contribution in [3.8, 4) is 0 Å². The van der Waals surface area contributed by atoms with Crippen molar-refractivity contribution in [2.24, 2.45) is 5.92 Å². The first-order valence-corrected chi connectivity index (χ1v) is 9.42. The smallest absolute Gasteiger partial charge is 0.225 e. The van der Waals surface area contributed by atoms with Gasteiger partial charge in [0, 0.05) is 29.5 Å². The number of anilines is 1. The summed E-state index contributed by atoms with van der Waals surface area (Å²) in [6, 6.07) is 5.90. The van der Waals surface area contributed by atoms with Crippen LogP contribution in [0.2, 0.25) is 5.02 Å². The largest absolute Gasteiger partial charge is 0.355 e. The van der Waals surface area contributed by atoms with Gasteiger partial charge in [0.05, 0.1) is 11.4 Å². The SMILES string of the molecule is CCCC(C)NC(=O)C1CCCN(c2ncnc3cc(Cl)ccc23)C1. The molecule has 2 atom stereocenters. The number of carbonyl (C=O) groups is 1. The molecule has 2 unspecified atom stereocenters. The van der Waals surface area contributed by atoms with Crippen LogP contribution in [0.15, 0.2) is 24.5 Å². The Morgan fingerprint density at radius 3 is 3.08 bits per heavy atom. The van der Waals surface area contributed by atoms with Crippen LogP contribution in [0.3, 0.4) is 0 Å². The van der Waals surface area contributed by atoms with Gasteiger partial charge >= 0.3 is 0 Å². The number of halogens is 1. The number of rotatable bonds is 5. The fourth-order valence-corrected chi connectivity index (χ4v) is 3.68. The molecule has 25 heavy (non-hydrogen) atoms. The van der Waals surface area contributed by atoms with Crippen LogP contribution < -0.4 is 10.2 Å². The molecular weight excluding hydrogens is 336 g/mol. The lowest BCUT2D eigenvalue weighted by Gasteiger charge is -2.33. The Morgan fingerprint density at radius 1 is 1.44 bits per heavy atom. The summed E-state index contributed by atoms with van der Waals surface area (Å²) in [6.07, 6.45) is 5.57. The molecule has 1 aliphatic rings. The highest BCUT2D eigenvalue weighted by atomic mass is 35.5. The van der Waals surface area contributed by atoms with Gasteiger partial charge in [0.15, 0.2) is 0 Å². The summed E-state index contributed by atoms with van der Waals surface area (Å²) < 4.78 is 0. The third kappa shape index (κ3) is 4.21. The maximum absolute atomic E-state index is 12.6. The van der Waals surface area contributed by atoms with Crippen molar-refractivity contribution in [1.29, 1.82) is 0 Å². The van der Waals surface area contributed by atoms with Crippen molar-refractivity contribution in [1.82, 2.24) is 15.3 Å². The van der Waals surface area contributed by atoms with Gasteiger partial charge < -0.3 is 10.2 Å². The first-order valence-electron chi connectivity index (χ1n) is 9.04. The molecule has 0 bridgehead atoms. The first kappa shape index (κ1) is 17.9. The molecule has 134 valence electrons. The number of hydrogen-bond acceptors (Lipinski definition) is 4. The van der Waals surface area contributed by atoms with E-state index in [0.29, 0.717) is 11.6 Å². The molecule has 3 rings (SSSR count). The van der Waals surface area contributed by atoms with Gasteiger partial charge in [-0.2, -0.15) is 0 Å². The lowest BCUT2D eigenvalue weighted by molar-refractivity contribution is -0.125. The van der Waals surface area contributed by atoms with Crippen LogP contribution in [0.25, 0.3) is 10.9 Å². The van der Waals surface area contributed by atoms with E-state index in [0.717, 1.165) is 48.9 Å². The normalized spacial score (nSPS) is 19.0. The monoisotopic (exact) mass is 360 g/mol. The number of aromatic nitrogens is 2. The van der Waals surface area contributed by atoms with E-state index in [4.69, 9.17) is 11.6 Å². The quantitative estimate of drug-likeness (QED) is 0.880. The minimum atomic E-state index is 0.00497. The molecule has 0 spiro atoms. The topological polar surface area (TPSA) is 58.1 Å². The average molecular weight is 361 g/mol. The van der Waals surface area contributed by atoms with Gasteiger partial charge in [0.25, 0.3) is 0 Å². The molecule has 1 fully saturated rings. The lowest BCUT2D eigenvalue weighted by atomic mass is 9.96. The van der Waals surface area contributed by atoms with Crippen molar-refractivity contribution in [2.45, 2.75) is 45.6 Å². The highest BCUT2D eigenvalue weighted by Crippen LogP contribution is 2.29. The number of hydrogen-bond donors (Lipinski definition) is 1. The maximum Gasteiger partial charge on any atom is 0.225 e. The first-order chi connectivity index (χ1) is 12.1. The minimum absolute atomic E-state index is 0.00497. The molecule has 0 saturated carbocycles. The Kier molecular flexibility index (Phi) is 5.74. The van der Waals surface area contributed by atoms with Crippen LogP contribution in [0, 0.1) is 5.92 Å². The van der Waals surface area contributed by atoms with E-state index in [1.807, 2.05) is 18.2 Å². The Bertz CT molecular complexity index is 751. The third-order valence-electron chi connectivity index (χ3n) is 4.78. The summed E-state index contributed by atoms with van der Waals surface area (Å²) in [5.74, 6) is 1.05. The average Bonchev–Trinajstić information content (AvgIpc) is 2.61. The van der Waals surface area contributed by atoms with Crippen LogP contribution >= 0.6 is 11.6 Å². The molecule has 1 aromatic carbocycles. The zero-order valence-electron chi connectivity index (χ0n) is 14.8. The van der Waals surface area contributed by atoms with Crippen LogP contribution in [0.5, 0.6) is 0 Å². The lowest BCUT2D eigenvalue weighted by Crippen LogP contribution is -2.45. The predicted octanol–water partition coefficient (Wildman–Crippen LogP) is 3.80. The van der Waals surface area contributed by atoms with Gasteiger partial charge in [-0.25, -0.2) is 9.97 Å². The fourth-order valence-electron chi connectivity index (χ4n) is 3.52. The zero-order chi connectivity index (χ0) is 17.8. The van der Waals surface area contributed by atoms with E-state index in [1.165, 1.54) is 0 Å². The van der Waals surface area contributed by atoms with E-state index >= 15 is 0 Å². The van der Waals surface area contributed by atoms with Crippen molar-refractivity contribution in [3.63, 3.8) is 0 Å². The highest BCUT2D eigenvalue weighted by Gasteiger charge is 2.28. The van der Waals surface area contributed by atoms with E-state index in [1.54, 1.807) is 6.33 Å². The van der Waals surface area contributed by atoms with Crippen LogP contribution in [-0.4, -0.2) is 35.0 Å². The molecule has 2 heterocycles.